The summed E-state index contributed by atoms with van der Waals surface area (Å²) < 4.78 is 5.44. The van der Waals surface area contributed by atoms with E-state index in [1.54, 1.807) is 18.2 Å². The van der Waals surface area contributed by atoms with E-state index in [2.05, 4.69) is 5.32 Å². The topological polar surface area (TPSA) is 112 Å². The van der Waals surface area contributed by atoms with Crippen LogP contribution in [0.1, 0.15) is 18.6 Å². The first-order chi connectivity index (χ1) is 11.6. The van der Waals surface area contributed by atoms with Gasteiger partial charge >= 0.3 is 0 Å². The maximum atomic E-state index is 12.3. The number of benzene rings is 1. The predicted octanol–water partition coefficient (Wildman–Crippen LogP) is 1.44. The number of piperidine rings is 1. The minimum atomic E-state index is -0.326. The average molecular weight is 326 g/mol. The molecule has 3 rings (SSSR count). The first-order valence-electron chi connectivity index (χ1n) is 7.81. The normalized spacial score (nSPS) is 18.2. The highest BCUT2D eigenvalue weighted by atomic mass is 16.3. The molecular formula is C17H18N4O3. The van der Waals surface area contributed by atoms with Crippen molar-refractivity contribution in [1.29, 1.82) is 5.26 Å². The Bertz CT molecular complexity index is 821. The van der Waals surface area contributed by atoms with Crippen molar-refractivity contribution in [3.63, 3.8) is 0 Å². The van der Waals surface area contributed by atoms with Crippen LogP contribution in [0.25, 0.3) is 11.0 Å². The van der Waals surface area contributed by atoms with Gasteiger partial charge in [-0.15, -0.1) is 0 Å². The first kappa shape index (κ1) is 16.0. The fourth-order valence-corrected chi connectivity index (χ4v) is 3.06. The summed E-state index contributed by atoms with van der Waals surface area (Å²) in [5, 5.41) is 12.6. The predicted molar refractivity (Wildman–Crippen MR) is 87.9 cm³/mol. The van der Waals surface area contributed by atoms with Gasteiger partial charge in [0.15, 0.2) is 0 Å². The zero-order chi connectivity index (χ0) is 17.1. The molecule has 0 saturated carbocycles. The molecule has 124 valence electrons. The van der Waals surface area contributed by atoms with Gasteiger partial charge in [0.25, 0.3) is 0 Å². The maximum absolute atomic E-state index is 12.3. The SMILES string of the molecule is N#Cc1oc2ccccc2c1NC(=O)CN1CCC[C@H](C(N)=O)C1. The summed E-state index contributed by atoms with van der Waals surface area (Å²) >= 11 is 0. The molecule has 1 fully saturated rings. The van der Waals surface area contributed by atoms with Gasteiger partial charge in [-0.1, -0.05) is 12.1 Å². The molecule has 2 aromatic rings. The lowest BCUT2D eigenvalue weighted by atomic mass is 9.97. The van der Waals surface area contributed by atoms with Crippen LogP contribution in [0, 0.1) is 17.2 Å². The zero-order valence-electron chi connectivity index (χ0n) is 13.1. The monoisotopic (exact) mass is 326 g/mol. The van der Waals surface area contributed by atoms with E-state index in [-0.39, 0.29) is 30.0 Å². The molecule has 0 aliphatic carbocycles. The highest BCUT2D eigenvalue weighted by Gasteiger charge is 2.25. The van der Waals surface area contributed by atoms with Gasteiger partial charge in [-0.05, 0) is 31.5 Å². The number of carbonyl (C=O) groups excluding carboxylic acids is 2. The molecule has 24 heavy (non-hydrogen) atoms. The van der Waals surface area contributed by atoms with E-state index in [1.807, 2.05) is 17.0 Å². The number of likely N-dealkylation sites (tertiary alicyclic amines) is 1. The van der Waals surface area contributed by atoms with Gasteiger partial charge in [-0.3, -0.25) is 14.5 Å². The molecule has 1 atom stereocenters. The van der Waals surface area contributed by atoms with E-state index in [9.17, 15) is 14.9 Å². The molecule has 7 nitrogen and oxygen atoms in total. The number of primary amides is 1. The lowest BCUT2D eigenvalue weighted by molar-refractivity contribution is -0.125. The van der Waals surface area contributed by atoms with Gasteiger partial charge in [-0.2, -0.15) is 5.26 Å². The molecule has 0 spiro atoms. The third kappa shape index (κ3) is 3.24. The van der Waals surface area contributed by atoms with E-state index in [4.69, 9.17) is 10.2 Å². The Morgan fingerprint density at radius 1 is 1.42 bits per heavy atom. The number of nitriles is 1. The van der Waals surface area contributed by atoms with Gasteiger partial charge in [0.05, 0.1) is 12.5 Å². The third-order valence-electron chi connectivity index (χ3n) is 4.24. The number of carbonyl (C=O) groups is 2. The molecule has 1 aliphatic rings. The molecule has 3 N–H and O–H groups in total. The molecule has 0 bridgehead atoms. The summed E-state index contributed by atoms with van der Waals surface area (Å²) in [5.41, 5.74) is 6.30. The molecule has 1 saturated heterocycles. The third-order valence-corrected chi connectivity index (χ3v) is 4.24. The molecule has 2 amide bonds. The van der Waals surface area contributed by atoms with Crippen LogP contribution < -0.4 is 11.1 Å². The Kier molecular flexibility index (Phi) is 4.49. The minimum Gasteiger partial charge on any atom is -0.443 e. The number of anilines is 1. The molecule has 0 radical (unpaired) electrons. The van der Waals surface area contributed by atoms with E-state index >= 15 is 0 Å². The fourth-order valence-electron chi connectivity index (χ4n) is 3.06. The van der Waals surface area contributed by atoms with Crippen molar-refractivity contribution in [2.24, 2.45) is 11.7 Å². The number of rotatable bonds is 4. The number of nitrogens with two attached hydrogens (primary N) is 1. The number of nitrogens with one attached hydrogen (secondary N) is 1. The average Bonchev–Trinajstić information content (AvgIpc) is 2.93. The van der Waals surface area contributed by atoms with Gasteiger partial charge in [0.1, 0.15) is 17.3 Å². The minimum absolute atomic E-state index is 0.0817. The standard InChI is InChI=1S/C17H18N4O3/c18-8-14-16(12-5-1-2-6-13(12)24-14)20-15(22)10-21-7-3-4-11(9-21)17(19)23/h1-2,5-6,11H,3-4,7,9-10H2,(H2,19,23)(H,20,22)/t11-/m0/s1. The number of hydrogen-bond donors (Lipinski definition) is 2. The molecule has 7 heteroatoms. The molecule has 1 aromatic carbocycles. The Morgan fingerprint density at radius 2 is 2.21 bits per heavy atom. The Hall–Kier alpha value is -2.85. The van der Waals surface area contributed by atoms with Crippen LogP contribution in [-0.4, -0.2) is 36.3 Å². The fraction of sp³-hybridized carbons (Fsp3) is 0.353. The second kappa shape index (κ2) is 6.72. The summed E-state index contributed by atoms with van der Waals surface area (Å²) in [5.74, 6) is -0.704. The van der Waals surface area contributed by atoms with Gasteiger partial charge < -0.3 is 15.5 Å². The van der Waals surface area contributed by atoms with E-state index in [1.165, 1.54) is 0 Å². The summed E-state index contributed by atoms with van der Waals surface area (Å²) in [4.78, 5) is 25.6. The second-order valence-corrected chi connectivity index (χ2v) is 5.94. The molecule has 1 aromatic heterocycles. The number of furan rings is 1. The summed E-state index contributed by atoms with van der Waals surface area (Å²) in [6.07, 6.45) is 1.59. The van der Waals surface area contributed by atoms with E-state index in [0.717, 1.165) is 19.4 Å². The van der Waals surface area contributed by atoms with Crippen molar-refractivity contribution >= 4 is 28.5 Å². The van der Waals surface area contributed by atoms with Crippen molar-refractivity contribution in [2.45, 2.75) is 12.8 Å². The Labute approximate surface area is 139 Å². The van der Waals surface area contributed by atoms with E-state index in [0.29, 0.717) is 23.2 Å². The molecule has 1 aliphatic heterocycles. The van der Waals surface area contributed by atoms with Gasteiger partial charge in [0.2, 0.25) is 17.6 Å². The second-order valence-electron chi connectivity index (χ2n) is 5.94. The summed E-state index contributed by atoms with van der Waals surface area (Å²) in [6.45, 7) is 1.38. The summed E-state index contributed by atoms with van der Waals surface area (Å²) in [7, 11) is 0. The Morgan fingerprint density at radius 3 is 2.96 bits per heavy atom. The van der Waals surface area contributed by atoms with Crippen molar-refractivity contribution in [3.05, 3.63) is 30.0 Å². The number of para-hydroxylation sites is 1. The number of hydrogen-bond acceptors (Lipinski definition) is 5. The molecule has 0 unspecified atom stereocenters. The number of amides is 2. The molecule has 2 heterocycles. The van der Waals surface area contributed by atoms with Crippen LogP contribution in [0.5, 0.6) is 0 Å². The smallest absolute Gasteiger partial charge is 0.238 e. The lowest BCUT2D eigenvalue weighted by Gasteiger charge is -2.30. The van der Waals surface area contributed by atoms with Crippen LogP contribution in [-0.2, 0) is 9.59 Å². The lowest BCUT2D eigenvalue weighted by Crippen LogP contribution is -2.44. The number of fused-ring (bicyclic) bond motifs is 1. The van der Waals surface area contributed by atoms with Crippen molar-refractivity contribution in [1.82, 2.24) is 4.90 Å². The van der Waals surface area contributed by atoms with Gasteiger partial charge in [-0.25, -0.2) is 0 Å². The largest absolute Gasteiger partial charge is 0.443 e. The van der Waals surface area contributed by atoms with Crippen LogP contribution >= 0.6 is 0 Å². The maximum Gasteiger partial charge on any atom is 0.238 e. The van der Waals surface area contributed by atoms with Crippen molar-refractivity contribution < 1.29 is 14.0 Å². The summed E-state index contributed by atoms with van der Waals surface area (Å²) in [6, 6.07) is 9.11. The van der Waals surface area contributed by atoms with Gasteiger partial charge in [0, 0.05) is 11.9 Å². The number of nitrogens with zero attached hydrogens (tertiary/aromatic N) is 2. The Balaban J connectivity index is 1.71. The highest BCUT2D eigenvalue weighted by Crippen LogP contribution is 2.30. The van der Waals surface area contributed by atoms with E-state index < -0.39 is 0 Å². The quantitative estimate of drug-likeness (QED) is 0.883. The highest BCUT2D eigenvalue weighted by molar-refractivity contribution is 6.03. The zero-order valence-corrected chi connectivity index (χ0v) is 13.1. The van der Waals surface area contributed by atoms with Crippen LogP contribution in [0.3, 0.4) is 0 Å². The van der Waals surface area contributed by atoms with Crippen LogP contribution in [0.4, 0.5) is 5.69 Å². The van der Waals surface area contributed by atoms with Crippen LogP contribution in [0.2, 0.25) is 0 Å². The molecular weight excluding hydrogens is 308 g/mol. The first-order valence-corrected chi connectivity index (χ1v) is 7.81. The van der Waals surface area contributed by atoms with Crippen molar-refractivity contribution in [2.75, 3.05) is 25.0 Å². The van der Waals surface area contributed by atoms with Crippen molar-refractivity contribution in [3.8, 4) is 6.07 Å². The van der Waals surface area contributed by atoms with Crippen LogP contribution in [0.15, 0.2) is 28.7 Å².